The van der Waals surface area contributed by atoms with Crippen LogP contribution in [0, 0.1) is 0 Å². The molecule has 0 saturated carbocycles. The summed E-state index contributed by atoms with van der Waals surface area (Å²) in [4.78, 5) is 0. The topological polar surface area (TPSA) is 40.5 Å². The highest BCUT2D eigenvalue weighted by Crippen LogP contribution is 2.14. The number of benzene rings is 1. The minimum absolute atomic E-state index is 0.0880. The molecule has 0 aliphatic carbocycles. The van der Waals surface area contributed by atoms with Gasteiger partial charge in [-0.25, -0.2) is 0 Å². The number of hydrogen-bond donors (Lipinski definition) is 2. The van der Waals surface area contributed by atoms with E-state index in [2.05, 4.69) is 0 Å². The van der Waals surface area contributed by atoms with E-state index in [9.17, 15) is 0 Å². The number of phenolic OH excluding ortho intramolecular Hbond substituents is 2. The lowest BCUT2D eigenvalue weighted by Gasteiger charge is -1.89. The second-order valence-electron chi connectivity index (χ2n) is 1.52. The highest BCUT2D eigenvalue weighted by Gasteiger charge is 1.85. The van der Waals surface area contributed by atoms with Crippen LogP contribution in [0.2, 0.25) is 0 Å². The maximum absolute atomic E-state index is 8.65. The Kier molecular flexibility index (Phi) is 1.08. The molecule has 0 aromatic heterocycles. The van der Waals surface area contributed by atoms with E-state index in [4.69, 9.17) is 10.2 Å². The molecule has 0 aliphatic rings. The summed E-state index contributed by atoms with van der Waals surface area (Å²) >= 11 is 0. The van der Waals surface area contributed by atoms with Gasteiger partial charge in [-0.2, -0.15) is 0 Å². The summed E-state index contributed by atoms with van der Waals surface area (Å²) in [6.07, 6.45) is 0. The van der Waals surface area contributed by atoms with Crippen LogP contribution in [0.3, 0.4) is 0 Å². The van der Waals surface area contributed by atoms with E-state index in [-0.39, 0.29) is 11.5 Å². The Morgan fingerprint density at radius 2 is 1.50 bits per heavy atom. The molecular weight excluding hydrogens is 107 g/mol. The molecule has 1 aromatic rings. The molecule has 0 fully saturated rings. The molecule has 0 amide bonds. The summed E-state index contributed by atoms with van der Waals surface area (Å²) in [5.74, 6) is 0.176. The summed E-state index contributed by atoms with van der Waals surface area (Å²) < 4.78 is 0. The van der Waals surface area contributed by atoms with Crippen LogP contribution >= 0.6 is 0 Å². The van der Waals surface area contributed by atoms with Crippen molar-refractivity contribution >= 4 is 0 Å². The zero-order valence-corrected chi connectivity index (χ0v) is 4.20. The van der Waals surface area contributed by atoms with Gasteiger partial charge in [-0.05, 0) is 12.1 Å². The molecule has 0 aliphatic heterocycles. The van der Waals surface area contributed by atoms with Crippen molar-refractivity contribution in [2.24, 2.45) is 0 Å². The SMILES string of the molecule is O[13c]1ccc[13c](O)[13cH]1. The molecule has 2 nitrogen and oxygen atoms in total. The Morgan fingerprint density at radius 3 is 1.75 bits per heavy atom. The fourth-order valence-electron chi connectivity index (χ4n) is 0.493. The van der Waals surface area contributed by atoms with Crippen molar-refractivity contribution in [2.45, 2.75) is 0 Å². The third-order valence-electron chi connectivity index (χ3n) is 0.830. The zero-order valence-electron chi connectivity index (χ0n) is 4.20. The normalized spacial score (nSPS) is 9.00. The summed E-state index contributed by atoms with van der Waals surface area (Å²) in [6, 6.07) is 5.85. The van der Waals surface area contributed by atoms with Crippen LogP contribution in [-0.2, 0) is 0 Å². The molecule has 0 saturated heterocycles. The van der Waals surface area contributed by atoms with Crippen LogP contribution in [-0.4, -0.2) is 10.2 Å². The van der Waals surface area contributed by atoms with E-state index in [1.54, 1.807) is 6.07 Å². The first-order valence-electron chi connectivity index (χ1n) is 2.27. The Labute approximate surface area is 47.0 Å². The maximum atomic E-state index is 8.65. The first kappa shape index (κ1) is 4.97. The number of aromatic hydroxyl groups is 2. The minimum atomic E-state index is 0.0880. The van der Waals surface area contributed by atoms with Crippen molar-refractivity contribution in [2.75, 3.05) is 0 Å². The first-order valence-corrected chi connectivity index (χ1v) is 2.27. The van der Waals surface area contributed by atoms with Gasteiger partial charge in [0.25, 0.3) is 0 Å². The maximum Gasteiger partial charge on any atom is 0.119 e. The van der Waals surface area contributed by atoms with Crippen molar-refractivity contribution in [3.8, 4) is 11.5 Å². The molecule has 1 aromatic carbocycles. The summed E-state index contributed by atoms with van der Waals surface area (Å²) in [5.41, 5.74) is 0. The average molecular weight is 113 g/mol. The molecular formula is C6H6O2. The lowest BCUT2D eigenvalue weighted by Crippen LogP contribution is -1.61. The fourth-order valence-corrected chi connectivity index (χ4v) is 0.493. The monoisotopic (exact) mass is 113 g/mol. The van der Waals surface area contributed by atoms with E-state index in [0.717, 1.165) is 0 Å². The molecule has 0 radical (unpaired) electrons. The average Bonchev–Trinajstić information content (AvgIpc) is 1.64. The summed E-state index contributed by atoms with van der Waals surface area (Å²) in [6.45, 7) is 0. The smallest absolute Gasteiger partial charge is 0.119 e. The van der Waals surface area contributed by atoms with Gasteiger partial charge >= 0.3 is 0 Å². The molecule has 42 valence electrons. The van der Waals surface area contributed by atoms with Gasteiger partial charge in [-0.15, -0.1) is 0 Å². The lowest BCUT2D eigenvalue weighted by molar-refractivity contribution is 0.450. The largest absolute Gasteiger partial charge is 0.508 e. The standard InChI is InChI=1S/C6H6O2/c7-5-2-1-3-6(8)4-5/h1-4,7-8H/i4+1,5+1,6+1. The molecule has 2 N–H and O–H groups in total. The van der Waals surface area contributed by atoms with Gasteiger partial charge in [0.15, 0.2) is 0 Å². The van der Waals surface area contributed by atoms with Gasteiger partial charge < -0.3 is 10.2 Å². The van der Waals surface area contributed by atoms with E-state index >= 15 is 0 Å². The van der Waals surface area contributed by atoms with Gasteiger partial charge in [0, 0.05) is 6.07 Å². The second-order valence-corrected chi connectivity index (χ2v) is 1.52. The summed E-state index contributed by atoms with van der Waals surface area (Å²) in [7, 11) is 0. The Morgan fingerprint density at radius 1 is 1.00 bits per heavy atom. The zero-order chi connectivity index (χ0) is 5.98. The van der Waals surface area contributed by atoms with Gasteiger partial charge in [0.1, 0.15) is 11.5 Å². The Bertz CT molecular complexity index is 166. The van der Waals surface area contributed by atoms with Crippen molar-refractivity contribution in [1.29, 1.82) is 0 Å². The Hall–Kier alpha value is -1.18. The molecule has 0 heterocycles. The molecule has 1 rings (SSSR count). The van der Waals surface area contributed by atoms with E-state index < -0.39 is 0 Å². The molecule has 0 unspecified atom stereocenters. The number of rotatable bonds is 0. The highest BCUT2D eigenvalue weighted by molar-refractivity contribution is 5.30. The van der Waals surface area contributed by atoms with Crippen LogP contribution in [0.1, 0.15) is 0 Å². The summed E-state index contributed by atoms with van der Waals surface area (Å²) in [5, 5.41) is 17.3. The molecule has 0 atom stereocenters. The molecule has 0 bridgehead atoms. The molecule has 2 heteroatoms. The quantitative estimate of drug-likeness (QED) is 0.528. The van der Waals surface area contributed by atoms with Gasteiger partial charge in [0.2, 0.25) is 0 Å². The predicted molar refractivity (Wildman–Crippen MR) is 29.8 cm³/mol. The van der Waals surface area contributed by atoms with Gasteiger partial charge in [-0.3, -0.25) is 0 Å². The van der Waals surface area contributed by atoms with Crippen LogP contribution in [0.25, 0.3) is 0 Å². The molecule has 0 spiro atoms. The number of hydrogen-bond acceptors (Lipinski definition) is 2. The van der Waals surface area contributed by atoms with Crippen LogP contribution in [0.5, 0.6) is 11.5 Å². The van der Waals surface area contributed by atoms with Crippen molar-refractivity contribution in [1.82, 2.24) is 0 Å². The van der Waals surface area contributed by atoms with Crippen LogP contribution in [0.15, 0.2) is 24.3 Å². The molecule has 8 heavy (non-hydrogen) atoms. The Balaban J connectivity index is 3.08. The third-order valence-corrected chi connectivity index (χ3v) is 0.830. The van der Waals surface area contributed by atoms with Gasteiger partial charge in [-0.1, -0.05) is 6.07 Å². The highest BCUT2D eigenvalue weighted by atomic mass is 16.4. The fraction of sp³-hybridized carbons (Fsp3) is 0. The van der Waals surface area contributed by atoms with Crippen molar-refractivity contribution in [3.63, 3.8) is 0 Å². The number of phenols is 2. The van der Waals surface area contributed by atoms with E-state index in [1.807, 2.05) is 0 Å². The van der Waals surface area contributed by atoms with Gasteiger partial charge in [0.05, 0.1) is 0 Å². The van der Waals surface area contributed by atoms with Crippen molar-refractivity contribution in [3.05, 3.63) is 24.3 Å². The lowest BCUT2D eigenvalue weighted by atomic mass is 10.6. The third kappa shape index (κ3) is 0.904. The van der Waals surface area contributed by atoms with E-state index in [0.29, 0.717) is 0 Å². The van der Waals surface area contributed by atoms with Crippen LogP contribution < -0.4 is 0 Å². The first-order chi connectivity index (χ1) is 3.79. The van der Waals surface area contributed by atoms with E-state index in [1.165, 1.54) is 18.2 Å². The predicted octanol–water partition coefficient (Wildman–Crippen LogP) is 1.10. The second kappa shape index (κ2) is 1.74. The van der Waals surface area contributed by atoms with Crippen LogP contribution in [0.4, 0.5) is 0 Å². The minimum Gasteiger partial charge on any atom is -0.508 e. The van der Waals surface area contributed by atoms with Crippen molar-refractivity contribution < 1.29 is 10.2 Å².